The van der Waals surface area contributed by atoms with Crippen molar-refractivity contribution in [2.24, 2.45) is 0 Å². The topological polar surface area (TPSA) is 84.5 Å². The van der Waals surface area contributed by atoms with E-state index in [9.17, 15) is 17.6 Å². The highest BCUT2D eigenvalue weighted by Gasteiger charge is 2.18. The number of halogens is 2. The molecule has 0 aromatic heterocycles. The van der Waals surface area contributed by atoms with Gasteiger partial charge in [-0.1, -0.05) is 11.6 Å². The van der Waals surface area contributed by atoms with Crippen LogP contribution >= 0.6 is 11.6 Å². The third-order valence-electron chi connectivity index (χ3n) is 3.38. The van der Waals surface area contributed by atoms with Gasteiger partial charge in [-0.25, -0.2) is 17.5 Å². The van der Waals surface area contributed by atoms with Gasteiger partial charge < -0.3 is 10.1 Å². The molecule has 2 N–H and O–H groups in total. The van der Waals surface area contributed by atoms with Gasteiger partial charge in [0.2, 0.25) is 10.0 Å². The Morgan fingerprint density at radius 3 is 2.46 bits per heavy atom. The summed E-state index contributed by atoms with van der Waals surface area (Å²) in [6.07, 6.45) is 0. The summed E-state index contributed by atoms with van der Waals surface area (Å²) in [7, 11) is -2.24. The van der Waals surface area contributed by atoms with Gasteiger partial charge in [-0.05, 0) is 49.4 Å². The summed E-state index contributed by atoms with van der Waals surface area (Å²) in [5, 5.41) is 2.45. The lowest BCUT2D eigenvalue weighted by molar-refractivity contribution is 0.102. The van der Waals surface area contributed by atoms with Gasteiger partial charge in [-0.15, -0.1) is 0 Å². The van der Waals surface area contributed by atoms with Crippen LogP contribution in [-0.2, 0) is 14.8 Å². The van der Waals surface area contributed by atoms with Crippen LogP contribution in [0.25, 0.3) is 0 Å². The Kier molecular flexibility index (Phi) is 6.71. The molecule has 9 heteroatoms. The van der Waals surface area contributed by atoms with Crippen LogP contribution in [0.5, 0.6) is 0 Å². The van der Waals surface area contributed by atoms with Crippen LogP contribution in [0.15, 0.2) is 47.4 Å². The maximum Gasteiger partial charge on any atom is 0.255 e. The van der Waals surface area contributed by atoms with Crippen molar-refractivity contribution in [1.82, 2.24) is 4.72 Å². The molecule has 2 rings (SSSR count). The van der Waals surface area contributed by atoms with Crippen LogP contribution in [0.3, 0.4) is 0 Å². The van der Waals surface area contributed by atoms with Crippen LogP contribution < -0.4 is 10.0 Å². The van der Waals surface area contributed by atoms with Gasteiger partial charge in [-0.2, -0.15) is 0 Å². The lowest BCUT2D eigenvalue weighted by atomic mass is 10.2. The highest BCUT2D eigenvalue weighted by molar-refractivity contribution is 7.89. The molecule has 0 aliphatic rings. The number of carbonyl (C=O) groups excluding carboxylic acids is 1. The van der Waals surface area contributed by atoms with Gasteiger partial charge in [0.05, 0.1) is 16.5 Å². The summed E-state index contributed by atoms with van der Waals surface area (Å²) in [5.74, 6) is -1.06. The zero-order chi connectivity index (χ0) is 19.3. The highest BCUT2D eigenvalue weighted by atomic mass is 35.5. The minimum absolute atomic E-state index is 0.0295. The quantitative estimate of drug-likeness (QED) is 0.748. The van der Waals surface area contributed by atoms with E-state index in [2.05, 4.69) is 10.0 Å². The molecule has 2 aromatic rings. The number of rotatable bonds is 7. The second-order valence-electron chi connectivity index (χ2n) is 5.59. The molecule has 1 amide bonds. The molecule has 1 atom stereocenters. The van der Waals surface area contributed by atoms with Crippen LogP contribution in [0.4, 0.5) is 10.1 Å². The lowest BCUT2D eigenvalue weighted by Crippen LogP contribution is -2.35. The van der Waals surface area contributed by atoms with E-state index in [0.29, 0.717) is 5.69 Å². The minimum atomic E-state index is -3.71. The minimum Gasteiger partial charge on any atom is -0.383 e. The maximum absolute atomic E-state index is 13.1. The SMILES string of the molecule is COC[C@H](C)NS(=O)(=O)c1ccc(C(=O)Nc2ccc(F)c(Cl)c2)cc1. The monoisotopic (exact) mass is 400 g/mol. The molecule has 2 aromatic carbocycles. The Bertz CT molecular complexity index is 888. The zero-order valence-electron chi connectivity index (χ0n) is 14.1. The predicted octanol–water partition coefficient (Wildman–Crippen LogP) is 3.04. The van der Waals surface area contributed by atoms with Gasteiger partial charge in [0.25, 0.3) is 5.91 Å². The first-order chi connectivity index (χ1) is 12.2. The Hall–Kier alpha value is -2.00. The average molecular weight is 401 g/mol. The molecule has 0 bridgehead atoms. The van der Waals surface area contributed by atoms with Gasteiger partial charge in [0, 0.05) is 24.4 Å². The van der Waals surface area contributed by atoms with E-state index in [1.165, 1.54) is 43.5 Å². The van der Waals surface area contributed by atoms with Crippen LogP contribution in [0, 0.1) is 5.82 Å². The van der Waals surface area contributed by atoms with E-state index in [4.69, 9.17) is 16.3 Å². The van der Waals surface area contributed by atoms with Gasteiger partial charge in [-0.3, -0.25) is 4.79 Å². The third kappa shape index (κ3) is 5.25. The fourth-order valence-corrected chi connectivity index (χ4v) is 3.59. The number of benzene rings is 2. The first kappa shape index (κ1) is 20.3. The Morgan fingerprint density at radius 1 is 1.23 bits per heavy atom. The number of hydrogen-bond donors (Lipinski definition) is 2. The fourth-order valence-electron chi connectivity index (χ4n) is 2.18. The summed E-state index contributed by atoms with van der Waals surface area (Å²) >= 11 is 5.67. The zero-order valence-corrected chi connectivity index (χ0v) is 15.7. The Morgan fingerprint density at radius 2 is 1.88 bits per heavy atom. The molecule has 0 heterocycles. The number of ether oxygens (including phenoxy) is 1. The Balaban J connectivity index is 2.10. The molecule has 6 nitrogen and oxygen atoms in total. The van der Waals surface area contributed by atoms with Gasteiger partial charge >= 0.3 is 0 Å². The van der Waals surface area contributed by atoms with E-state index < -0.39 is 27.8 Å². The molecule has 0 aliphatic heterocycles. The van der Waals surface area contributed by atoms with Crippen LogP contribution in [-0.4, -0.2) is 34.1 Å². The molecule has 0 aliphatic carbocycles. The summed E-state index contributed by atoms with van der Waals surface area (Å²) in [5.41, 5.74) is 0.572. The standard InChI is InChI=1S/C17H18ClFN2O4S/c1-11(10-25-2)21-26(23,24)14-6-3-12(4-7-14)17(22)20-13-5-8-16(19)15(18)9-13/h3-9,11,21H,10H2,1-2H3,(H,20,22)/t11-/m0/s1. The normalized spacial score (nSPS) is 12.6. The summed E-state index contributed by atoms with van der Waals surface area (Å²) in [6, 6.07) is 8.83. The van der Waals surface area contributed by atoms with E-state index in [-0.39, 0.29) is 22.1 Å². The van der Waals surface area contributed by atoms with Gasteiger partial charge in [0.1, 0.15) is 5.82 Å². The first-order valence-electron chi connectivity index (χ1n) is 7.60. The van der Waals surface area contributed by atoms with Crippen molar-refractivity contribution < 1.29 is 22.3 Å². The molecule has 140 valence electrons. The summed E-state index contributed by atoms with van der Waals surface area (Å²) in [4.78, 5) is 12.2. The number of hydrogen-bond acceptors (Lipinski definition) is 4. The van der Waals surface area contributed by atoms with Crippen molar-refractivity contribution in [3.05, 3.63) is 58.9 Å². The number of anilines is 1. The number of amides is 1. The smallest absolute Gasteiger partial charge is 0.255 e. The van der Waals surface area contributed by atoms with Crippen molar-refractivity contribution in [1.29, 1.82) is 0 Å². The van der Waals surface area contributed by atoms with Gasteiger partial charge in [0.15, 0.2) is 0 Å². The van der Waals surface area contributed by atoms with Crippen LogP contribution in [0.1, 0.15) is 17.3 Å². The molecular formula is C17H18ClFN2O4S. The van der Waals surface area contributed by atoms with E-state index in [0.717, 1.165) is 6.07 Å². The van der Waals surface area contributed by atoms with Crippen molar-refractivity contribution in [3.63, 3.8) is 0 Å². The number of sulfonamides is 1. The van der Waals surface area contributed by atoms with Crippen LogP contribution in [0.2, 0.25) is 5.02 Å². The largest absolute Gasteiger partial charge is 0.383 e. The first-order valence-corrected chi connectivity index (χ1v) is 9.47. The van der Waals surface area contributed by atoms with Crippen molar-refractivity contribution in [3.8, 4) is 0 Å². The molecule has 0 saturated carbocycles. The van der Waals surface area contributed by atoms with E-state index >= 15 is 0 Å². The molecule has 0 unspecified atom stereocenters. The molecular weight excluding hydrogens is 383 g/mol. The lowest BCUT2D eigenvalue weighted by Gasteiger charge is -2.13. The molecule has 0 radical (unpaired) electrons. The molecule has 0 fully saturated rings. The summed E-state index contributed by atoms with van der Waals surface area (Å²) in [6.45, 7) is 1.91. The Labute approximate surface area is 156 Å². The molecule has 26 heavy (non-hydrogen) atoms. The summed E-state index contributed by atoms with van der Waals surface area (Å²) < 4.78 is 45.0. The number of nitrogens with one attached hydrogen (secondary N) is 2. The molecule has 0 spiro atoms. The fraction of sp³-hybridized carbons (Fsp3) is 0.235. The van der Waals surface area contributed by atoms with Crippen molar-refractivity contribution >= 4 is 33.2 Å². The predicted molar refractivity (Wildman–Crippen MR) is 97.5 cm³/mol. The maximum atomic E-state index is 13.1. The van der Waals surface area contributed by atoms with Crippen molar-refractivity contribution in [2.45, 2.75) is 17.9 Å². The second kappa shape index (κ2) is 8.59. The van der Waals surface area contributed by atoms with E-state index in [1.54, 1.807) is 6.92 Å². The third-order valence-corrected chi connectivity index (χ3v) is 5.27. The average Bonchev–Trinajstić information content (AvgIpc) is 2.58. The van der Waals surface area contributed by atoms with Crippen molar-refractivity contribution in [2.75, 3.05) is 19.0 Å². The highest BCUT2D eigenvalue weighted by Crippen LogP contribution is 2.20. The van der Waals surface area contributed by atoms with E-state index in [1.807, 2.05) is 0 Å². The second-order valence-corrected chi connectivity index (χ2v) is 7.71. The number of carbonyl (C=O) groups is 1. The number of methoxy groups -OCH3 is 1. The molecule has 0 saturated heterocycles.